The van der Waals surface area contributed by atoms with Crippen LogP contribution in [0.2, 0.25) is 5.02 Å². The summed E-state index contributed by atoms with van der Waals surface area (Å²) in [6.45, 7) is 0. The van der Waals surface area contributed by atoms with Crippen LogP contribution in [0, 0.1) is 0 Å². The van der Waals surface area contributed by atoms with Gasteiger partial charge in [-0.1, -0.05) is 33.6 Å². The molecule has 0 radical (unpaired) electrons. The lowest BCUT2D eigenvalue weighted by atomic mass is 9.95. The predicted octanol–water partition coefficient (Wildman–Crippen LogP) is 4.41. The maximum atomic E-state index is 12.6. The van der Waals surface area contributed by atoms with E-state index in [1.807, 2.05) is 18.2 Å². The Balaban J connectivity index is 1.98. The molecule has 1 unspecified atom stereocenters. The molecule has 0 bridgehead atoms. The minimum absolute atomic E-state index is 0.0978. The average Bonchev–Trinajstić information content (AvgIpc) is 2.80. The lowest BCUT2D eigenvalue weighted by molar-refractivity contribution is 0.0958. The average molecular weight is 337 g/mol. The summed E-state index contributed by atoms with van der Waals surface area (Å²) in [5.74, 6) is -0.0396. The maximum Gasteiger partial charge on any atom is 0.172 e. The molecule has 1 aromatic carbocycles. The van der Waals surface area contributed by atoms with Crippen LogP contribution in [0.4, 0.5) is 0 Å². The highest BCUT2D eigenvalue weighted by molar-refractivity contribution is 9.10. The number of aryl methyl sites for hydroxylation is 1. The van der Waals surface area contributed by atoms with Crippen molar-refractivity contribution in [2.75, 3.05) is 0 Å². The molecule has 1 heterocycles. The van der Waals surface area contributed by atoms with Gasteiger partial charge in [0.25, 0.3) is 0 Å². The number of fused-ring (bicyclic) bond motifs is 1. The van der Waals surface area contributed by atoms with E-state index in [2.05, 4.69) is 20.9 Å². The van der Waals surface area contributed by atoms with E-state index in [-0.39, 0.29) is 11.7 Å². The molecule has 1 atom stereocenters. The number of carbonyl (C=O) groups excluding carboxylic acids is 1. The zero-order chi connectivity index (χ0) is 13.4. The fourth-order valence-electron chi connectivity index (χ4n) is 2.57. The SMILES string of the molecule is O=C(c1cc(Cl)cc(Br)c1)C1CCc2cccnc21. The van der Waals surface area contributed by atoms with Gasteiger partial charge in [-0.15, -0.1) is 0 Å². The van der Waals surface area contributed by atoms with E-state index in [1.54, 1.807) is 18.3 Å². The van der Waals surface area contributed by atoms with Crippen molar-refractivity contribution in [2.45, 2.75) is 18.8 Å². The molecular formula is C15H11BrClNO. The molecule has 19 heavy (non-hydrogen) atoms. The highest BCUT2D eigenvalue weighted by atomic mass is 79.9. The molecule has 0 aliphatic heterocycles. The lowest BCUT2D eigenvalue weighted by Crippen LogP contribution is -2.11. The van der Waals surface area contributed by atoms with Crippen LogP contribution < -0.4 is 0 Å². The Morgan fingerprint density at radius 1 is 1.37 bits per heavy atom. The molecule has 3 rings (SSSR count). The fraction of sp³-hybridized carbons (Fsp3) is 0.200. The first kappa shape index (κ1) is 12.8. The lowest BCUT2D eigenvalue weighted by Gasteiger charge is -2.10. The number of aromatic nitrogens is 1. The quantitative estimate of drug-likeness (QED) is 0.760. The van der Waals surface area contributed by atoms with Crippen LogP contribution in [0.3, 0.4) is 0 Å². The zero-order valence-electron chi connectivity index (χ0n) is 10.1. The van der Waals surface area contributed by atoms with Crippen molar-refractivity contribution in [3.8, 4) is 0 Å². The van der Waals surface area contributed by atoms with Gasteiger partial charge in [0.1, 0.15) is 0 Å². The van der Waals surface area contributed by atoms with Crippen LogP contribution >= 0.6 is 27.5 Å². The zero-order valence-corrected chi connectivity index (χ0v) is 12.4. The van der Waals surface area contributed by atoms with Gasteiger partial charge in [0.2, 0.25) is 0 Å². The number of ketones is 1. The van der Waals surface area contributed by atoms with Crippen LogP contribution in [-0.2, 0) is 6.42 Å². The summed E-state index contributed by atoms with van der Waals surface area (Å²) >= 11 is 9.37. The van der Waals surface area contributed by atoms with Crippen molar-refractivity contribution >= 4 is 33.3 Å². The van der Waals surface area contributed by atoms with Gasteiger partial charge in [-0.25, -0.2) is 0 Å². The first-order valence-corrected chi connectivity index (χ1v) is 7.26. The molecule has 2 aromatic rings. The maximum absolute atomic E-state index is 12.6. The molecule has 0 N–H and O–H groups in total. The van der Waals surface area contributed by atoms with Gasteiger partial charge >= 0.3 is 0 Å². The van der Waals surface area contributed by atoms with E-state index in [0.29, 0.717) is 10.6 Å². The van der Waals surface area contributed by atoms with Crippen molar-refractivity contribution in [1.29, 1.82) is 0 Å². The van der Waals surface area contributed by atoms with E-state index in [4.69, 9.17) is 11.6 Å². The summed E-state index contributed by atoms with van der Waals surface area (Å²) in [5, 5.41) is 0.567. The molecule has 0 saturated heterocycles. The van der Waals surface area contributed by atoms with Crippen molar-refractivity contribution in [1.82, 2.24) is 4.98 Å². The van der Waals surface area contributed by atoms with Crippen molar-refractivity contribution < 1.29 is 4.79 Å². The third-order valence-corrected chi connectivity index (χ3v) is 4.10. The Morgan fingerprint density at radius 3 is 3.00 bits per heavy atom. The second-order valence-corrected chi connectivity index (χ2v) is 6.01. The van der Waals surface area contributed by atoms with E-state index in [9.17, 15) is 4.79 Å². The number of carbonyl (C=O) groups is 1. The first-order valence-electron chi connectivity index (χ1n) is 6.09. The molecule has 1 aromatic heterocycles. The van der Waals surface area contributed by atoms with E-state index < -0.39 is 0 Å². The predicted molar refractivity (Wildman–Crippen MR) is 78.8 cm³/mol. The summed E-state index contributed by atoms with van der Waals surface area (Å²) in [4.78, 5) is 17.0. The number of Topliss-reactive ketones (excluding diaryl/α,β-unsaturated/α-hetero) is 1. The normalized spacial score (nSPS) is 17.3. The summed E-state index contributed by atoms with van der Waals surface area (Å²) in [5.41, 5.74) is 2.74. The number of rotatable bonds is 2. The van der Waals surface area contributed by atoms with E-state index in [1.165, 1.54) is 5.56 Å². The topological polar surface area (TPSA) is 30.0 Å². The molecule has 0 amide bonds. The number of halogens is 2. The molecule has 1 aliphatic carbocycles. The van der Waals surface area contributed by atoms with Gasteiger partial charge in [-0.3, -0.25) is 9.78 Å². The molecule has 2 nitrogen and oxygen atoms in total. The number of pyridine rings is 1. The van der Waals surface area contributed by atoms with E-state index >= 15 is 0 Å². The minimum atomic E-state index is -0.137. The van der Waals surface area contributed by atoms with Gasteiger partial charge in [0.05, 0.1) is 11.6 Å². The molecule has 4 heteroatoms. The van der Waals surface area contributed by atoms with Crippen molar-refractivity contribution in [3.63, 3.8) is 0 Å². The van der Waals surface area contributed by atoms with Crippen LogP contribution in [0.1, 0.15) is 34.0 Å². The van der Waals surface area contributed by atoms with Gasteiger partial charge < -0.3 is 0 Å². The Morgan fingerprint density at radius 2 is 2.21 bits per heavy atom. The monoisotopic (exact) mass is 335 g/mol. The Labute approximate surface area is 124 Å². The van der Waals surface area contributed by atoms with Gasteiger partial charge in [0.15, 0.2) is 5.78 Å². The van der Waals surface area contributed by atoms with Crippen molar-refractivity contribution in [2.24, 2.45) is 0 Å². The minimum Gasteiger partial charge on any atom is -0.293 e. The number of benzene rings is 1. The molecule has 1 aliphatic rings. The summed E-state index contributed by atoms with van der Waals surface area (Å²) in [7, 11) is 0. The molecule has 0 spiro atoms. The highest BCUT2D eigenvalue weighted by Gasteiger charge is 2.30. The van der Waals surface area contributed by atoms with Gasteiger partial charge in [-0.2, -0.15) is 0 Å². The number of nitrogens with zero attached hydrogens (tertiary/aromatic N) is 1. The van der Waals surface area contributed by atoms with Gasteiger partial charge in [-0.05, 0) is 42.7 Å². The largest absolute Gasteiger partial charge is 0.293 e. The Hall–Kier alpha value is -1.19. The Bertz CT molecular complexity index is 636. The summed E-state index contributed by atoms with van der Waals surface area (Å²) in [6.07, 6.45) is 3.49. The molecular weight excluding hydrogens is 326 g/mol. The second kappa shape index (κ2) is 5.06. The van der Waals surface area contributed by atoms with Crippen molar-refractivity contribution in [3.05, 3.63) is 62.8 Å². The third-order valence-electron chi connectivity index (χ3n) is 3.42. The van der Waals surface area contributed by atoms with Gasteiger partial charge in [0, 0.05) is 21.3 Å². The summed E-state index contributed by atoms with van der Waals surface area (Å²) in [6, 6.07) is 9.27. The van der Waals surface area contributed by atoms with Crippen LogP contribution in [0.15, 0.2) is 41.0 Å². The fourth-order valence-corrected chi connectivity index (χ4v) is 3.43. The van der Waals surface area contributed by atoms with Crippen LogP contribution in [-0.4, -0.2) is 10.8 Å². The third kappa shape index (κ3) is 2.45. The summed E-state index contributed by atoms with van der Waals surface area (Å²) < 4.78 is 0.822. The number of hydrogen-bond acceptors (Lipinski definition) is 2. The molecule has 96 valence electrons. The second-order valence-electron chi connectivity index (χ2n) is 4.66. The standard InChI is InChI=1S/C15H11BrClNO/c16-11-6-10(7-12(17)8-11)15(19)13-4-3-9-2-1-5-18-14(9)13/h1-2,5-8,13H,3-4H2. The van der Waals surface area contributed by atoms with Crippen LogP contribution in [0.25, 0.3) is 0 Å². The molecule has 0 saturated carbocycles. The Kier molecular flexibility index (Phi) is 3.42. The van der Waals surface area contributed by atoms with Crippen LogP contribution in [0.5, 0.6) is 0 Å². The highest BCUT2D eigenvalue weighted by Crippen LogP contribution is 2.34. The first-order chi connectivity index (χ1) is 9.15. The van der Waals surface area contributed by atoms with E-state index in [0.717, 1.165) is 23.0 Å². The molecule has 0 fully saturated rings. The smallest absolute Gasteiger partial charge is 0.172 e. The number of hydrogen-bond donors (Lipinski definition) is 0.